The molecule has 5 rings (SSSR count). The smallest absolute Gasteiger partial charge is 0.373 e. The second-order valence-electron chi connectivity index (χ2n) is 10.0. The molecule has 5 aliphatic rings. The highest BCUT2D eigenvalue weighted by molar-refractivity contribution is 7.46. The van der Waals surface area contributed by atoms with Crippen molar-refractivity contribution in [1.29, 1.82) is 0 Å². The van der Waals surface area contributed by atoms with Crippen LogP contribution in [-0.4, -0.2) is 40.7 Å². The maximum atomic E-state index is 12.8. The molecule has 2 N–H and O–H groups in total. The summed E-state index contributed by atoms with van der Waals surface area (Å²) in [5.41, 5.74) is 1.09. The molecule has 0 spiro atoms. The van der Waals surface area contributed by atoms with Crippen molar-refractivity contribution in [3.63, 3.8) is 0 Å². The highest BCUT2D eigenvalue weighted by atomic mass is 31.2. The van der Waals surface area contributed by atoms with E-state index in [4.69, 9.17) is 14.5 Å². The lowest BCUT2D eigenvalue weighted by molar-refractivity contribution is -0.132. The molecule has 8 heteroatoms. The van der Waals surface area contributed by atoms with E-state index in [1.807, 2.05) is 6.08 Å². The zero-order valence-corrected chi connectivity index (χ0v) is 17.6. The van der Waals surface area contributed by atoms with E-state index in [-0.39, 0.29) is 34.4 Å². The Morgan fingerprint density at radius 3 is 2.83 bits per heavy atom. The monoisotopic (exact) mass is 424 g/mol. The van der Waals surface area contributed by atoms with Gasteiger partial charge in [-0.3, -0.25) is 14.1 Å². The zero-order valence-electron chi connectivity index (χ0n) is 16.7. The summed E-state index contributed by atoms with van der Waals surface area (Å²) in [4.78, 5) is 42.7. The van der Waals surface area contributed by atoms with E-state index < -0.39 is 14.4 Å². The Morgan fingerprint density at radius 2 is 2.07 bits per heavy atom. The van der Waals surface area contributed by atoms with Gasteiger partial charge < -0.3 is 14.5 Å². The summed E-state index contributed by atoms with van der Waals surface area (Å²) in [5, 5.41) is 0. The maximum Gasteiger partial charge on any atom is 0.470 e. The van der Waals surface area contributed by atoms with Crippen LogP contribution in [0.1, 0.15) is 51.9 Å². The van der Waals surface area contributed by atoms with Crippen LogP contribution in [0, 0.1) is 34.5 Å². The first-order chi connectivity index (χ1) is 13.6. The van der Waals surface area contributed by atoms with Crippen molar-refractivity contribution < 1.29 is 33.2 Å². The fourth-order valence-corrected chi connectivity index (χ4v) is 8.11. The summed E-state index contributed by atoms with van der Waals surface area (Å²) in [6.45, 7) is 2.40. The molecular formula is C21H29O7P. The molecule has 1 saturated heterocycles. The normalized spacial score (nSPS) is 46.0. The van der Waals surface area contributed by atoms with Crippen LogP contribution in [0.15, 0.2) is 11.6 Å². The van der Waals surface area contributed by atoms with Crippen molar-refractivity contribution in [1.82, 2.24) is 0 Å². The van der Waals surface area contributed by atoms with Crippen LogP contribution in [0.4, 0.5) is 0 Å². The van der Waals surface area contributed by atoms with Gasteiger partial charge in [0.2, 0.25) is 0 Å². The van der Waals surface area contributed by atoms with Crippen LogP contribution in [0.3, 0.4) is 0 Å². The van der Waals surface area contributed by atoms with E-state index in [1.165, 1.54) is 5.57 Å². The van der Waals surface area contributed by atoms with E-state index >= 15 is 0 Å². The lowest BCUT2D eigenvalue weighted by Gasteiger charge is -2.56. The molecule has 4 fully saturated rings. The molecular weight excluding hydrogens is 395 g/mol. The van der Waals surface area contributed by atoms with E-state index in [0.29, 0.717) is 24.2 Å². The highest BCUT2D eigenvalue weighted by Gasteiger charge is 2.65. The second kappa shape index (κ2) is 6.57. The number of carbonyl (C=O) groups is 2. The first-order valence-electron chi connectivity index (χ1n) is 10.7. The molecule has 0 radical (unpaired) electrons. The number of carbonyl (C=O) groups excluding carboxylic acids is 2. The van der Waals surface area contributed by atoms with Gasteiger partial charge in [0, 0.05) is 17.8 Å². The number of phosphoric ester groups is 1. The van der Waals surface area contributed by atoms with Crippen molar-refractivity contribution in [3.8, 4) is 0 Å². The predicted octanol–water partition coefficient (Wildman–Crippen LogP) is 2.80. The number of Topliss-reactive ketones (excluding diaryl/α,β-unsaturated/α-hetero) is 1. The van der Waals surface area contributed by atoms with Gasteiger partial charge in [-0.25, -0.2) is 4.57 Å². The Kier molecular flexibility index (Phi) is 4.55. The van der Waals surface area contributed by atoms with Gasteiger partial charge in [-0.2, -0.15) is 0 Å². The van der Waals surface area contributed by atoms with Gasteiger partial charge in [0.15, 0.2) is 11.6 Å². The van der Waals surface area contributed by atoms with Crippen molar-refractivity contribution in [3.05, 3.63) is 11.6 Å². The summed E-state index contributed by atoms with van der Waals surface area (Å²) >= 11 is 0. The lowest BCUT2D eigenvalue weighted by Crippen LogP contribution is -2.53. The summed E-state index contributed by atoms with van der Waals surface area (Å²) in [5.74, 6) is 1.22. The molecule has 1 heterocycles. The summed E-state index contributed by atoms with van der Waals surface area (Å²) in [6.07, 6.45) is 7.98. The Labute approximate surface area is 170 Å². The largest absolute Gasteiger partial charge is 0.470 e. The number of hydrogen-bond acceptors (Lipinski definition) is 5. The highest BCUT2D eigenvalue weighted by Crippen LogP contribution is 2.68. The molecule has 160 valence electrons. The molecule has 1 aliphatic heterocycles. The van der Waals surface area contributed by atoms with Crippen LogP contribution >= 0.6 is 7.82 Å². The third-order valence-electron chi connectivity index (χ3n) is 8.99. The van der Waals surface area contributed by atoms with E-state index in [0.717, 1.165) is 45.1 Å². The zero-order chi connectivity index (χ0) is 20.6. The van der Waals surface area contributed by atoms with Gasteiger partial charge >= 0.3 is 7.82 Å². The fourth-order valence-electron chi connectivity index (χ4n) is 7.82. The molecule has 3 saturated carbocycles. The molecule has 29 heavy (non-hydrogen) atoms. The van der Waals surface area contributed by atoms with Crippen LogP contribution in [0.5, 0.6) is 0 Å². The average molecular weight is 424 g/mol. The van der Waals surface area contributed by atoms with Crippen LogP contribution < -0.4 is 0 Å². The second-order valence-corrected chi connectivity index (χ2v) is 11.3. The van der Waals surface area contributed by atoms with Gasteiger partial charge in [-0.1, -0.05) is 6.92 Å². The summed E-state index contributed by atoms with van der Waals surface area (Å²) in [7, 11) is -4.64. The Hall–Kier alpha value is -0.850. The van der Waals surface area contributed by atoms with E-state index in [1.54, 1.807) is 0 Å². The lowest BCUT2D eigenvalue weighted by atomic mass is 9.46. The predicted molar refractivity (Wildman–Crippen MR) is 103 cm³/mol. The number of fused-ring (bicyclic) bond motifs is 3. The number of phosphoric acid groups is 1. The number of hydrogen-bond donors (Lipinski definition) is 2. The third-order valence-corrected chi connectivity index (χ3v) is 9.46. The Bertz CT molecular complexity index is 831. The van der Waals surface area contributed by atoms with Crippen LogP contribution in [-0.2, 0) is 23.4 Å². The molecule has 0 aromatic heterocycles. The van der Waals surface area contributed by atoms with Gasteiger partial charge in [0.05, 0.1) is 12.7 Å². The number of rotatable bonds is 4. The van der Waals surface area contributed by atoms with Crippen molar-refractivity contribution in [2.75, 3.05) is 13.2 Å². The molecule has 7 nitrogen and oxygen atoms in total. The molecule has 4 unspecified atom stereocenters. The summed E-state index contributed by atoms with van der Waals surface area (Å²) in [6, 6.07) is 0. The van der Waals surface area contributed by atoms with Crippen molar-refractivity contribution in [2.45, 2.75) is 58.0 Å². The van der Waals surface area contributed by atoms with Gasteiger partial charge in [-0.15, -0.1) is 0 Å². The first-order valence-corrected chi connectivity index (χ1v) is 12.3. The average Bonchev–Trinajstić information content (AvgIpc) is 3.13. The molecule has 2 bridgehead atoms. The van der Waals surface area contributed by atoms with Crippen LogP contribution in [0.2, 0.25) is 0 Å². The molecule has 0 amide bonds. The molecule has 0 aromatic rings. The summed E-state index contributed by atoms with van der Waals surface area (Å²) < 4.78 is 21.7. The van der Waals surface area contributed by atoms with E-state index in [2.05, 4.69) is 11.4 Å². The van der Waals surface area contributed by atoms with Crippen molar-refractivity contribution >= 4 is 19.4 Å². The minimum absolute atomic E-state index is 0.00838. The van der Waals surface area contributed by atoms with E-state index in [9.17, 15) is 14.2 Å². The Morgan fingerprint density at radius 1 is 1.28 bits per heavy atom. The molecule has 0 aromatic carbocycles. The quantitative estimate of drug-likeness (QED) is 0.668. The van der Waals surface area contributed by atoms with Gasteiger partial charge in [-0.05, 0) is 73.3 Å². The fraction of sp³-hybridized carbons (Fsp3) is 0.810. The minimum Gasteiger partial charge on any atom is -0.373 e. The number of ether oxygens (including phenoxy) is 1. The number of ketones is 2. The molecule has 4 aliphatic carbocycles. The third kappa shape index (κ3) is 2.96. The first kappa shape index (κ1) is 20.1. The topological polar surface area (TPSA) is 110 Å². The minimum atomic E-state index is -4.64. The standard InChI is InChI=1S/C21H29O7P/c1-20-6-5-15-13(9-19-17-8-12(22)4-7-21(15,17)11-27-19)14(20)2-3-16(20)18(23)10-28-29(24,25)26/h8,13-16,19H,2-7,9-11H2,1H3,(H2,24,25,26)/t13?,14?,15?,16-,19?,20+,21+/m1/s1. The van der Waals surface area contributed by atoms with Crippen LogP contribution in [0.25, 0.3) is 0 Å². The maximum absolute atomic E-state index is 12.8. The van der Waals surface area contributed by atoms with Crippen molar-refractivity contribution in [2.24, 2.45) is 34.5 Å². The SMILES string of the molecule is C[C@]12CCC3C(CC4OC[C@@]35CCC(=O)C=C45)C1CC[C@@H]2C(=O)COP(=O)(O)O. The Balaban J connectivity index is 1.40. The van der Waals surface area contributed by atoms with Gasteiger partial charge in [0.1, 0.15) is 6.61 Å². The molecule has 7 atom stereocenters. The van der Waals surface area contributed by atoms with Gasteiger partial charge in [0.25, 0.3) is 0 Å².